The molecule has 8 nitrogen and oxygen atoms in total. The number of hydrogen-bond donors (Lipinski definition) is 4. The van der Waals surface area contributed by atoms with Gasteiger partial charge >= 0.3 is 5.97 Å². The van der Waals surface area contributed by atoms with Crippen molar-refractivity contribution >= 4 is 17.6 Å². The van der Waals surface area contributed by atoms with Crippen molar-refractivity contribution in [3.05, 3.63) is 70.7 Å². The summed E-state index contributed by atoms with van der Waals surface area (Å²) < 4.78 is 11.8. The van der Waals surface area contributed by atoms with Crippen molar-refractivity contribution in [2.24, 2.45) is 0 Å². The van der Waals surface area contributed by atoms with Crippen LogP contribution in [0.5, 0.6) is 0 Å². The van der Waals surface area contributed by atoms with Gasteiger partial charge in [-0.15, -0.1) is 0 Å². The van der Waals surface area contributed by atoms with E-state index in [2.05, 4.69) is 0 Å². The maximum atomic E-state index is 11.6. The summed E-state index contributed by atoms with van der Waals surface area (Å²) in [5.41, 5.74) is 0.0527. The third kappa shape index (κ3) is 4.97. The van der Waals surface area contributed by atoms with Gasteiger partial charge in [-0.2, -0.15) is 0 Å². The number of carboxylic acids is 1. The van der Waals surface area contributed by atoms with E-state index in [0.717, 1.165) is 0 Å². The highest BCUT2D eigenvalue weighted by Crippen LogP contribution is 2.43. The standard InChI is InChI=1S/C23H28ClNO7/c1-25(2)13-12-23(14-8-4-3-5-9-14,15-10-6-7-11-16(15)24)32-22-19(28)17(26)18(27)20(31-22)21(29)30/h3-11,17-20,22,26-28H,12-13H2,1-2H3,(H,29,30)/t17-,18-,19+,20-,22-,23?/m0/s1. The van der Waals surface area contributed by atoms with Crippen LogP contribution in [-0.4, -0.2) is 82.6 Å². The molecule has 2 aromatic carbocycles. The van der Waals surface area contributed by atoms with Crippen molar-refractivity contribution in [2.45, 2.75) is 42.7 Å². The third-order valence-corrected chi connectivity index (χ3v) is 5.92. The van der Waals surface area contributed by atoms with Gasteiger partial charge in [0.2, 0.25) is 0 Å². The summed E-state index contributed by atoms with van der Waals surface area (Å²) in [4.78, 5) is 13.5. The molecule has 0 radical (unpaired) electrons. The number of aliphatic hydroxyl groups is 3. The van der Waals surface area contributed by atoms with Gasteiger partial charge in [-0.3, -0.25) is 0 Å². The first-order chi connectivity index (χ1) is 15.2. The molecule has 1 unspecified atom stereocenters. The second-order valence-corrected chi connectivity index (χ2v) is 8.49. The van der Waals surface area contributed by atoms with Gasteiger partial charge in [-0.1, -0.05) is 60.1 Å². The lowest BCUT2D eigenvalue weighted by molar-refractivity contribution is -0.318. The Morgan fingerprint density at radius 2 is 1.66 bits per heavy atom. The van der Waals surface area contributed by atoms with Gasteiger partial charge in [0.1, 0.15) is 23.9 Å². The van der Waals surface area contributed by atoms with Gasteiger partial charge in [0, 0.05) is 17.1 Å². The van der Waals surface area contributed by atoms with Gasteiger partial charge in [-0.05, 0) is 32.1 Å². The molecule has 4 N–H and O–H groups in total. The first kappa shape index (κ1) is 24.6. The van der Waals surface area contributed by atoms with Gasteiger partial charge in [-0.25, -0.2) is 4.79 Å². The van der Waals surface area contributed by atoms with E-state index in [1.807, 2.05) is 49.3 Å². The van der Waals surface area contributed by atoms with E-state index >= 15 is 0 Å². The van der Waals surface area contributed by atoms with Gasteiger partial charge in [0.15, 0.2) is 12.4 Å². The molecule has 0 aliphatic carbocycles. The van der Waals surface area contributed by atoms with Crippen molar-refractivity contribution in [1.29, 1.82) is 0 Å². The molecule has 1 heterocycles. The van der Waals surface area contributed by atoms with E-state index in [9.17, 15) is 25.2 Å². The Morgan fingerprint density at radius 1 is 1.03 bits per heavy atom. The molecule has 3 rings (SSSR count). The second-order valence-electron chi connectivity index (χ2n) is 8.08. The Labute approximate surface area is 191 Å². The molecule has 1 fully saturated rings. The fourth-order valence-electron chi connectivity index (χ4n) is 3.85. The quantitative estimate of drug-likeness (QED) is 0.462. The molecule has 0 spiro atoms. The Morgan fingerprint density at radius 3 is 2.25 bits per heavy atom. The van der Waals surface area contributed by atoms with E-state index in [1.54, 1.807) is 24.3 Å². The fourth-order valence-corrected chi connectivity index (χ4v) is 4.14. The van der Waals surface area contributed by atoms with E-state index in [1.165, 1.54) is 0 Å². The molecule has 1 aliphatic heterocycles. The topological polar surface area (TPSA) is 120 Å². The SMILES string of the molecule is CN(C)CCC(O[C@@H]1O[C@H](C(=O)O)[C@@H](O)[C@H](O)[C@H]1O)(c1ccccc1)c1ccccc1Cl. The Bertz CT molecular complexity index is 912. The van der Waals surface area contributed by atoms with E-state index in [0.29, 0.717) is 29.1 Å². The molecular weight excluding hydrogens is 438 g/mol. The number of benzene rings is 2. The molecule has 9 heteroatoms. The molecule has 0 amide bonds. The first-order valence-electron chi connectivity index (χ1n) is 10.2. The van der Waals surface area contributed by atoms with Crippen molar-refractivity contribution in [1.82, 2.24) is 4.90 Å². The van der Waals surface area contributed by atoms with Crippen molar-refractivity contribution in [3.8, 4) is 0 Å². The highest BCUT2D eigenvalue weighted by atomic mass is 35.5. The summed E-state index contributed by atoms with van der Waals surface area (Å²) in [6.07, 6.45) is -8.22. The summed E-state index contributed by atoms with van der Waals surface area (Å²) >= 11 is 6.58. The van der Waals surface area contributed by atoms with E-state index in [-0.39, 0.29) is 0 Å². The lowest BCUT2D eigenvalue weighted by atomic mass is 9.82. The van der Waals surface area contributed by atoms with Gasteiger partial charge in [0.25, 0.3) is 0 Å². The first-order valence-corrected chi connectivity index (χ1v) is 10.6. The average Bonchev–Trinajstić information content (AvgIpc) is 2.77. The Kier molecular flexibility index (Phi) is 7.89. The molecule has 0 aromatic heterocycles. The minimum absolute atomic E-state index is 0.372. The van der Waals surface area contributed by atoms with Crippen LogP contribution in [0.4, 0.5) is 0 Å². The second kappa shape index (κ2) is 10.3. The number of ether oxygens (including phenoxy) is 2. The molecule has 1 aliphatic rings. The smallest absolute Gasteiger partial charge is 0.335 e. The van der Waals surface area contributed by atoms with Crippen molar-refractivity contribution < 1.29 is 34.7 Å². The lowest BCUT2D eigenvalue weighted by Gasteiger charge is -2.44. The van der Waals surface area contributed by atoms with Crippen LogP contribution >= 0.6 is 11.6 Å². The number of carboxylic acid groups (broad SMARTS) is 1. The average molecular weight is 466 g/mol. The third-order valence-electron chi connectivity index (χ3n) is 5.59. The van der Waals surface area contributed by atoms with Crippen molar-refractivity contribution in [3.63, 3.8) is 0 Å². The Balaban J connectivity index is 2.13. The van der Waals surface area contributed by atoms with Crippen LogP contribution in [0.25, 0.3) is 0 Å². The summed E-state index contributed by atoms with van der Waals surface area (Å²) in [6.45, 7) is 0.552. The maximum Gasteiger partial charge on any atom is 0.335 e. The predicted molar refractivity (Wildman–Crippen MR) is 117 cm³/mol. The molecule has 174 valence electrons. The number of nitrogens with zero attached hydrogens (tertiary/aromatic N) is 1. The summed E-state index contributed by atoms with van der Waals surface area (Å²) in [6, 6.07) is 16.3. The molecule has 2 aromatic rings. The number of halogens is 1. The van der Waals surface area contributed by atoms with Gasteiger partial charge < -0.3 is 34.8 Å². The number of rotatable bonds is 8. The minimum Gasteiger partial charge on any atom is -0.479 e. The molecule has 1 saturated heterocycles. The van der Waals surface area contributed by atoms with Crippen LogP contribution in [0.3, 0.4) is 0 Å². The van der Waals surface area contributed by atoms with Crippen LogP contribution in [-0.2, 0) is 19.9 Å². The molecule has 0 bridgehead atoms. The number of aliphatic hydroxyl groups excluding tert-OH is 3. The molecular formula is C23H28ClNO7. The van der Waals surface area contributed by atoms with Crippen LogP contribution in [0.15, 0.2) is 54.6 Å². The van der Waals surface area contributed by atoms with Crippen LogP contribution in [0.2, 0.25) is 5.02 Å². The summed E-state index contributed by atoms with van der Waals surface area (Å²) in [7, 11) is 3.80. The van der Waals surface area contributed by atoms with Crippen LogP contribution < -0.4 is 0 Å². The van der Waals surface area contributed by atoms with Gasteiger partial charge in [0.05, 0.1) is 0 Å². The summed E-state index contributed by atoms with van der Waals surface area (Å²) in [5, 5.41) is 40.8. The highest BCUT2D eigenvalue weighted by Gasteiger charge is 2.51. The zero-order chi connectivity index (χ0) is 23.5. The number of aliphatic carboxylic acids is 1. The van der Waals surface area contributed by atoms with E-state index in [4.69, 9.17) is 21.1 Å². The van der Waals surface area contributed by atoms with Crippen LogP contribution in [0.1, 0.15) is 17.5 Å². The van der Waals surface area contributed by atoms with Crippen LogP contribution in [0, 0.1) is 0 Å². The molecule has 6 atom stereocenters. The molecule has 0 saturated carbocycles. The highest BCUT2D eigenvalue weighted by molar-refractivity contribution is 6.31. The van der Waals surface area contributed by atoms with Crippen molar-refractivity contribution in [2.75, 3.05) is 20.6 Å². The summed E-state index contributed by atoms with van der Waals surface area (Å²) in [5.74, 6) is -1.48. The minimum atomic E-state index is -1.81. The number of carbonyl (C=O) groups is 1. The fraction of sp³-hybridized carbons (Fsp3) is 0.435. The normalized spacial score (nSPS) is 27.8. The number of hydrogen-bond acceptors (Lipinski definition) is 7. The maximum absolute atomic E-state index is 11.6. The zero-order valence-electron chi connectivity index (χ0n) is 17.8. The van der Waals surface area contributed by atoms with E-state index < -0.39 is 42.3 Å². The molecule has 32 heavy (non-hydrogen) atoms. The predicted octanol–water partition coefficient (Wildman–Crippen LogP) is 1.44. The zero-order valence-corrected chi connectivity index (χ0v) is 18.6. The Hall–Kier alpha value is -2.04. The monoisotopic (exact) mass is 465 g/mol. The largest absolute Gasteiger partial charge is 0.479 e. The lowest BCUT2D eigenvalue weighted by Crippen LogP contribution is -2.61.